The number of aliphatic hydroxyl groups excluding tert-OH is 2. The molecule has 0 spiro atoms. The molecule has 0 saturated heterocycles. The molecule has 1 aromatic heterocycles. The highest BCUT2D eigenvalue weighted by atomic mass is 16.5. The van der Waals surface area contributed by atoms with Gasteiger partial charge in [0.1, 0.15) is 5.75 Å². The van der Waals surface area contributed by atoms with Crippen LogP contribution in [0.25, 0.3) is 22.8 Å². The van der Waals surface area contributed by atoms with Crippen molar-refractivity contribution in [3.63, 3.8) is 0 Å². The highest BCUT2D eigenvalue weighted by molar-refractivity contribution is 5.69. The minimum absolute atomic E-state index is 0.0350. The number of ether oxygens (including phenoxy) is 1. The van der Waals surface area contributed by atoms with Crippen LogP contribution in [0.4, 0.5) is 5.69 Å². The van der Waals surface area contributed by atoms with Gasteiger partial charge in [-0.05, 0) is 56.0 Å². The number of anilines is 1. The second kappa shape index (κ2) is 9.68. The number of aromatic nitrogens is 2. The second-order valence-corrected chi connectivity index (χ2v) is 8.25. The van der Waals surface area contributed by atoms with Gasteiger partial charge in [0.25, 0.3) is 5.89 Å². The summed E-state index contributed by atoms with van der Waals surface area (Å²) in [5, 5.41) is 23.1. The number of nitrogen functional groups attached to an aromatic ring is 1. The molecular weight excluding hydrogens is 408 g/mol. The number of benzene rings is 2. The van der Waals surface area contributed by atoms with Crippen molar-refractivity contribution in [3.05, 3.63) is 47.5 Å². The number of aliphatic hydroxyl groups is 2. The lowest BCUT2D eigenvalue weighted by Crippen LogP contribution is -2.32. The van der Waals surface area contributed by atoms with Crippen molar-refractivity contribution < 1.29 is 19.5 Å². The largest absolute Gasteiger partial charge is 0.489 e. The van der Waals surface area contributed by atoms with E-state index in [1.54, 1.807) is 6.07 Å². The van der Waals surface area contributed by atoms with Crippen LogP contribution in [0.1, 0.15) is 37.4 Å². The predicted octanol–water partition coefficient (Wildman–Crippen LogP) is 3.05. The molecule has 1 atom stereocenters. The fourth-order valence-electron chi connectivity index (χ4n) is 4.39. The molecule has 3 aromatic rings. The van der Waals surface area contributed by atoms with Crippen molar-refractivity contribution >= 4 is 5.69 Å². The number of hydrogen-bond donors (Lipinski definition) is 3. The molecule has 0 saturated carbocycles. The first-order valence-corrected chi connectivity index (χ1v) is 11.0. The molecule has 32 heavy (non-hydrogen) atoms. The second-order valence-electron chi connectivity index (χ2n) is 8.25. The first-order chi connectivity index (χ1) is 15.5. The van der Waals surface area contributed by atoms with Crippen molar-refractivity contribution in [1.29, 1.82) is 0 Å². The number of rotatable bonds is 9. The third-order valence-electron chi connectivity index (χ3n) is 5.74. The van der Waals surface area contributed by atoms with Crippen molar-refractivity contribution in [2.45, 2.75) is 38.8 Å². The summed E-state index contributed by atoms with van der Waals surface area (Å²) in [5.41, 5.74) is 10.7. The summed E-state index contributed by atoms with van der Waals surface area (Å²) in [5.74, 6) is 1.57. The Hall–Kier alpha value is -2.94. The Labute approximate surface area is 187 Å². The normalized spacial score (nSPS) is 15.5. The lowest BCUT2D eigenvalue weighted by Gasteiger charge is -2.28. The van der Waals surface area contributed by atoms with Crippen LogP contribution in [0.2, 0.25) is 0 Å². The Bertz CT molecular complexity index is 1060. The van der Waals surface area contributed by atoms with Crippen molar-refractivity contribution in [2.75, 3.05) is 32.0 Å². The van der Waals surface area contributed by atoms with Gasteiger partial charge in [-0.2, -0.15) is 4.98 Å². The van der Waals surface area contributed by atoms with E-state index in [1.807, 2.05) is 38.1 Å². The Morgan fingerprint density at radius 3 is 2.66 bits per heavy atom. The van der Waals surface area contributed by atoms with Crippen molar-refractivity contribution in [3.8, 4) is 28.6 Å². The van der Waals surface area contributed by atoms with Gasteiger partial charge in [0.2, 0.25) is 5.82 Å². The van der Waals surface area contributed by atoms with E-state index < -0.39 is 0 Å². The summed E-state index contributed by atoms with van der Waals surface area (Å²) in [7, 11) is 0. The Balaban J connectivity index is 1.61. The average molecular weight is 439 g/mol. The summed E-state index contributed by atoms with van der Waals surface area (Å²) >= 11 is 0. The molecule has 1 aliphatic carbocycles. The molecule has 0 fully saturated rings. The molecule has 4 N–H and O–H groups in total. The van der Waals surface area contributed by atoms with Gasteiger partial charge in [-0.15, -0.1) is 0 Å². The maximum absolute atomic E-state index is 9.42. The van der Waals surface area contributed by atoms with Gasteiger partial charge in [-0.3, -0.25) is 4.90 Å². The monoisotopic (exact) mass is 438 g/mol. The van der Waals surface area contributed by atoms with Gasteiger partial charge >= 0.3 is 0 Å². The minimum atomic E-state index is 0.0350. The SMILES string of the molecule is CC(C)Oc1ccc(-c2nc(-c3cccc4c3CC[C@H]4N(CCO)CCO)no2)cc1N. The molecule has 0 amide bonds. The van der Waals surface area contributed by atoms with E-state index in [-0.39, 0.29) is 25.4 Å². The molecular formula is C24H30N4O4. The van der Waals surface area contributed by atoms with Gasteiger partial charge in [-0.1, -0.05) is 23.4 Å². The summed E-state index contributed by atoms with van der Waals surface area (Å²) in [6, 6.07) is 11.7. The molecule has 0 radical (unpaired) electrons. The molecule has 8 nitrogen and oxygen atoms in total. The van der Waals surface area contributed by atoms with Crippen LogP contribution in [0.3, 0.4) is 0 Å². The summed E-state index contributed by atoms with van der Waals surface area (Å²) in [6.07, 6.45) is 1.83. The van der Waals surface area contributed by atoms with E-state index in [1.165, 1.54) is 11.1 Å². The fraction of sp³-hybridized carbons (Fsp3) is 0.417. The maximum atomic E-state index is 9.42. The lowest BCUT2D eigenvalue weighted by molar-refractivity contribution is 0.121. The Kier molecular flexibility index (Phi) is 6.74. The minimum Gasteiger partial charge on any atom is -0.489 e. The molecule has 0 unspecified atom stereocenters. The zero-order valence-corrected chi connectivity index (χ0v) is 18.5. The van der Waals surface area contributed by atoms with Gasteiger partial charge < -0.3 is 25.2 Å². The van der Waals surface area contributed by atoms with E-state index in [0.29, 0.717) is 36.2 Å². The van der Waals surface area contributed by atoms with Crippen molar-refractivity contribution in [2.24, 2.45) is 0 Å². The Morgan fingerprint density at radius 2 is 1.97 bits per heavy atom. The lowest BCUT2D eigenvalue weighted by atomic mass is 10.0. The Morgan fingerprint density at radius 1 is 1.19 bits per heavy atom. The topological polar surface area (TPSA) is 118 Å². The highest BCUT2D eigenvalue weighted by Crippen LogP contribution is 2.40. The number of fused-ring (bicyclic) bond motifs is 1. The van der Waals surface area contributed by atoms with E-state index in [4.69, 9.17) is 15.0 Å². The molecule has 8 heteroatoms. The average Bonchev–Trinajstić information content (AvgIpc) is 3.42. The van der Waals surface area contributed by atoms with Crippen LogP contribution in [-0.2, 0) is 6.42 Å². The van der Waals surface area contributed by atoms with Crippen LogP contribution in [0.5, 0.6) is 5.75 Å². The van der Waals surface area contributed by atoms with Gasteiger partial charge in [0.05, 0.1) is 25.0 Å². The predicted molar refractivity (Wildman–Crippen MR) is 122 cm³/mol. The zero-order chi connectivity index (χ0) is 22.7. The maximum Gasteiger partial charge on any atom is 0.258 e. The van der Waals surface area contributed by atoms with Crippen LogP contribution in [-0.4, -0.2) is 57.7 Å². The summed E-state index contributed by atoms with van der Waals surface area (Å²) in [6.45, 7) is 5.08. The number of nitrogens with zero attached hydrogens (tertiary/aromatic N) is 3. The summed E-state index contributed by atoms with van der Waals surface area (Å²) < 4.78 is 11.3. The number of hydrogen-bond acceptors (Lipinski definition) is 8. The van der Waals surface area contributed by atoms with Crippen LogP contribution in [0.15, 0.2) is 40.9 Å². The van der Waals surface area contributed by atoms with Crippen LogP contribution in [0, 0.1) is 0 Å². The van der Waals surface area contributed by atoms with E-state index in [9.17, 15) is 10.2 Å². The third kappa shape index (κ3) is 4.48. The first-order valence-electron chi connectivity index (χ1n) is 11.0. The molecule has 2 aromatic carbocycles. The van der Waals surface area contributed by atoms with E-state index in [2.05, 4.69) is 21.1 Å². The van der Waals surface area contributed by atoms with Gasteiger partial charge in [0, 0.05) is 30.3 Å². The van der Waals surface area contributed by atoms with Crippen LogP contribution >= 0.6 is 0 Å². The third-order valence-corrected chi connectivity index (χ3v) is 5.74. The molecule has 1 heterocycles. The van der Waals surface area contributed by atoms with Crippen LogP contribution < -0.4 is 10.5 Å². The standard InChI is InChI=1S/C24H30N4O4/c1-15(2)31-22-9-6-16(14-20(22)25)24-26-23(27-32-24)19-5-3-4-18-17(19)7-8-21(18)28(10-12-29)11-13-30/h3-6,9,14-15,21,29-30H,7-8,10-13,25H2,1-2H3/t21-/m1/s1. The zero-order valence-electron chi connectivity index (χ0n) is 18.5. The molecule has 0 bridgehead atoms. The molecule has 0 aliphatic heterocycles. The van der Waals surface area contributed by atoms with Crippen molar-refractivity contribution in [1.82, 2.24) is 15.0 Å². The van der Waals surface area contributed by atoms with Gasteiger partial charge in [-0.25, -0.2) is 0 Å². The molecule has 170 valence electrons. The number of nitrogens with two attached hydrogens (primary N) is 1. The first kappa shape index (κ1) is 22.3. The summed E-state index contributed by atoms with van der Waals surface area (Å²) in [4.78, 5) is 6.76. The van der Waals surface area contributed by atoms with Gasteiger partial charge in [0.15, 0.2) is 0 Å². The molecule has 1 aliphatic rings. The fourth-order valence-corrected chi connectivity index (χ4v) is 4.39. The smallest absolute Gasteiger partial charge is 0.258 e. The molecule has 4 rings (SSSR count). The highest BCUT2D eigenvalue weighted by Gasteiger charge is 2.30. The van der Waals surface area contributed by atoms with E-state index >= 15 is 0 Å². The van der Waals surface area contributed by atoms with E-state index in [0.717, 1.165) is 24.0 Å². The quantitative estimate of drug-likeness (QED) is 0.436.